The van der Waals surface area contributed by atoms with E-state index in [2.05, 4.69) is 49.1 Å². The van der Waals surface area contributed by atoms with Crippen LogP contribution in [0.2, 0.25) is 5.02 Å². The molecule has 0 spiro atoms. The summed E-state index contributed by atoms with van der Waals surface area (Å²) in [5.41, 5.74) is 5.03. The summed E-state index contributed by atoms with van der Waals surface area (Å²) in [6.07, 6.45) is 0.922. The third kappa shape index (κ3) is 5.73. The van der Waals surface area contributed by atoms with Gasteiger partial charge in [-0.1, -0.05) is 49.7 Å². The zero-order chi connectivity index (χ0) is 25.9. The molecule has 0 atom stereocenters. The van der Waals surface area contributed by atoms with E-state index in [0.717, 1.165) is 31.0 Å². The Morgan fingerprint density at radius 2 is 1.57 bits per heavy atom. The van der Waals surface area contributed by atoms with Crippen molar-refractivity contribution in [2.75, 3.05) is 11.4 Å². The lowest BCUT2D eigenvalue weighted by Gasteiger charge is -2.20. The van der Waals surface area contributed by atoms with Gasteiger partial charge in [-0.2, -0.15) is 0 Å². The van der Waals surface area contributed by atoms with Gasteiger partial charge >= 0.3 is 5.97 Å². The maximum Gasteiger partial charge on any atom is 0.335 e. The number of fused-ring (bicyclic) bond motifs is 1. The molecule has 0 saturated carbocycles. The summed E-state index contributed by atoms with van der Waals surface area (Å²) >= 11 is 6.22. The first-order valence-corrected chi connectivity index (χ1v) is 12.7. The highest BCUT2D eigenvalue weighted by Gasteiger charge is 2.20. The Bertz CT molecular complexity index is 1410. The molecule has 1 aliphatic rings. The molecule has 0 unspecified atom stereocenters. The highest BCUT2D eigenvalue weighted by Crippen LogP contribution is 2.36. The molecule has 0 radical (unpaired) electrons. The van der Waals surface area contributed by atoms with Crippen molar-refractivity contribution >= 4 is 23.3 Å². The maximum absolute atomic E-state index is 11.1. The molecule has 4 aromatic rings. The van der Waals surface area contributed by atoms with Gasteiger partial charge in [0.15, 0.2) is 0 Å². The molecule has 5 rings (SSSR count). The lowest BCUT2D eigenvalue weighted by molar-refractivity contribution is 0.0697. The third-order valence-corrected chi connectivity index (χ3v) is 6.82. The fourth-order valence-electron chi connectivity index (χ4n) is 4.46. The SMILES string of the molecule is CC(C)c1ccc(Oc2ccc(CN3CCc4cc(Oc5ccc(C(=O)O)cc5Cl)ccc43)cc2)cc1. The summed E-state index contributed by atoms with van der Waals surface area (Å²) < 4.78 is 12.0. The minimum absolute atomic E-state index is 0.127. The summed E-state index contributed by atoms with van der Waals surface area (Å²) in [5, 5.41) is 9.38. The number of carboxylic acids is 1. The van der Waals surface area contributed by atoms with Crippen molar-refractivity contribution < 1.29 is 19.4 Å². The molecule has 0 bridgehead atoms. The van der Waals surface area contributed by atoms with Crippen LogP contribution in [-0.2, 0) is 13.0 Å². The minimum Gasteiger partial charge on any atom is -0.478 e. The number of halogens is 1. The van der Waals surface area contributed by atoms with Gasteiger partial charge in [-0.05, 0) is 89.7 Å². The average molecular weight is 514 g/mol. The van der Waals surface area contributed by atoms with Crippen LogP contribution in [0, 0.1) is 0 Å². The van der Waals surface area contributed by atoms with Crippen molar-refractivity contribution in [2.24, 2.45) is 0 Å². The molecule has 0 aliphatic carbocycles. The van der Waals surface area contributed by atoms with E-state index < -0.39 is 5.97 Å². The lowest BCUT2D eigenvalue weighted by atomic mass is 10.0. The zero-order valence-electron chi connectivity index (χ0n) is 20.8. The number of anilines is 1. The number of benzene rings is 4. The predicted octanol–water partition coefficient (Wildman–Crippen LogP) is 8.31. The molecule has 1 aliphatic heterocycles. The average Bonchev–Trinajstić information content (AvgIpc) is 3.28. The number of rotatable bonds is 8. The normalized spacial score (nSPS) is 12.5. The van der Waals surface area contributed by atoms with Crippen LogP contribution in [0.1, 0.15) is 46.8 Å². The summed E-state index contributed by atoms with van der Waals surface area (Å²) in [4.78, 5) is 13.5. The number of aromatic carboxylic acids is 1. The van der Waals surface area contributed by atoms with Gasteiger partial charge in [0.05, 0.1) is 10.6 Å². The Kier molecular flexibility index (Phi) is 7.06. The Labute approximate surface area is 221 Å². The zero-order valence-corrected chi connectivity index (χ0v) is 21.5. The first-order chi connectivity index (χ1) is 17.9. The van der Waals surface area contributed by atoms with Crippen molar-refractivity contribution in [1.82, 2.24) is 0 Å². The second-order valence-electron chi connectivity index (χ2n) is 9.48. The van der Waals surface area contributed by atoms with Crippen LogP contribution >= 0.6 is 11.6 Å². The van der Waals surface area contributed by atoms with Crippen molar-refractivity contribution in [2.45, 2.75) is 32.7 Å². The van der Waals surface area contributed by atoms with E-state index in [1.54, 1.807) is 6.07 Å². The van der Waals surface area contributed by atoms with Gasteiger partial charge in [0, 0.05) is 18.8 Å². The molecule has 0 fully saturated rings. The molecule has 0 saturated heterocycles. The van der Waals surface area contributed by atoms with Crippen molar-refractivity contribution in [1.29, 1.82) is 0 Å². The van der Waals surface area contributed by atoms with E-state index in [1.165, 1.54) is 34.5 Å². The number of nitrogens with zero attached hydrogens (tertiary/aromatic N) is 1. The molecule has 188 valence electrons. The van der Waals surface area contributed by atoms with Crippen LogP contribution in [-0.4, -0.2) is 17.6 Å². The van der Waals surface area contributed by atoms with Gasteiger partial charge in [0.1, 0.15) is 23.0 Å². The van der Waals surface area contributed by atoms with E-state index in [4.69, 9.17) is 26.2 Å². The molecule has 0 aromatic heterocycles. The van der Waals surface area contributed by atoms with Crippen molar-refractivity contribution in [3.05, 3.63) is 112 Å². The van der Waals surface area contributed by atoms with Crippen molar-refractivity contribution in [3.63, 3.8) is 0 Å². The van der Waals surface area contributed by atoms with Crippen LogP contribution < -0.4 is 14.4 Å². The number of hydrogen-bond acceptors (Lipinski definition) is 4. The van der Waals surface area contributed by atoms with E-state index in [1.807, 2.05) is 36.4 Å². The van der Waals surface area contributed by atoms with Crippen LogP contribution in [0.5, 0.6) is 23.0 Å². The lowest BCUT2D eigenvalue weighted by Crippen LogP contribution is -2.19. The summed E-state index contributed by atoms with van der Waals surface area (Å²) in [6, 6.07) is 27.0. The van der Waals surface area contributed by atoms with E-state index in [9.17, 15) is 4.79 Å². The first kappa shape index (κ1) is 24.7. The predicted molar refractivity (Wildman–Crippen MR) is 147 cm³/mol. The standard InChI is InChI=1S/C31H28ClNO4/c1-20(2)22-5-10-26(11-6-22)36-25-8-3-21(4-9-25)19-33-16-15-23-17-27(12-13-29(23)33)37-30-14-7-24(31(34)35)18-28(30)32/h3-14,17-18,20H,15-16,19H2,1-2H3,(H,34,35). The van der Waals surface area contributed by atoms with Crippen LogP contribution in [0.25, 0.3) is 0 Å². The molecule has 1 heterocycles. The second-order valence-corrected chi connectivity index (χ2v) is 9.89. The quantitative estimate of drug-likeness (QED) is 0.257. The first-order valence-electron chi connectivity index (χ1n) is 12.3. The van der Waals surface area contributed by atoms with E-state index >= 15 is 0 Å². The van der Waals surface area contributed by atoms with Gasteiger partial charge in [-0.15, -0.1) is 0 Å². The number of carboxylic acid groups (broad SMARTS) is 1. The molecule has 6 heteroatoms. The summed E-state index contributed by atoms with van der Waals surface area (Å²) in [6.45, 7) is 6.09. The Hall–Kier alpha value is -3.96. The monoisotopic (exact) mass is 513 g/mol. The number of carbonyl (C=O) groups is 1. The van der Waals surface area contributed by atoms with Gasteiger partial charge in [0.2, 0.25) is 0 Å². The van der Waals surface area contributed by atoms with Gasteiger partial charge < -0.3 is 19.5 Å². The number of ether oxygens (including phenoxy) is 2. The van der Waals surface area contributed by atoms with Crippen LogP contribution in [0.4, 0.5) is 5.69 Å². The summed E-state index contributed by atoms with van der Waals surface area (Å²) in [7, 11) is 0. The molecule has 37 heavy (non-hydrogen) atoms. The molecule has 4 aromatic carbocycles. The largest absolute Gasteiger partial charge is 0.478 e. The van der Waals surface area contributed by atoms with Crippen LogP contribution in [0.3, 0.4) is 0 Å². The van der Waals surface area contributed by atoms with Crippen LogP contribution in [0.15, 0.2) is 84.9 Å². The van der Waals surface area contributed by atoms with Gasteiger partial charge in [-0.3, -0.25) is 0 Å². The highest BCUT2D eigenvalue weighted by atomic mass is 35.5. The Morgan fingerprint density at radius 3 is 2.22 bits per heavy atom. The Balaban J connectivity index is 1.22. The Morgan fingerprint density at radius 1 is 0.892 bits per heavy atom. The number of hydrogen-bond donors (Lipinski definition) is 1. The molecular formula is C31H28ClNO4. The molecular weight excluding hydrogens is 486 g/mol. The minimum atomic E-state index is -1.02. The molecule has 0 amide bonds. The van der Waals surface area contributed by atoms with Crippen molar-refractivity contribution in [3.8, 4) is 23.0 Å². The molecule has 1 N–H and O–H groups in total. The summed E-state index contributed by atoms with van der Waals surface area (Å²) in [5.74, 6) is 2.24. The fraction of sp³-hybridized carbons (Fsp3) is 0.194. The van der Waals surface area contributed by atoms with Gasteiger partial charge in [0.25, 0.3) is 0 Å². The maximum atomic E-state index is 11.1. The van der Waals surface area contributed by atoms with E-state index in [0.29, 0.717) is 17.4 Å². The molecule has 5 nitrogen and oxygen atoms in total. The van der Waals surface area contributed by atoms with Gasteiger partial charge in [-0.25, -0.2) is 4.79 Å². The second kappa shape index (κ2) is 10.6. The topological polar surface area (TPSA) is 59.0 Å². The smallest absolute Gasteiger partial charge is 0.335 e. The third-order valence-electron chi connectivity index (χ3n) is 6.53. The van der Waals surface area contributed by atoms with E-state index in [-0.39, 0.29) is 10.6 Å². The fourth-order valence-corrected chi connectivity index (χ4v) is 4.68. The highest BCUT2D eigenvalue weighted by molar-refractivity contribution is 6.32.